The van der Waals surface area contributed by atoms with Gasteiger partial charge in [0.2, 0.25) is 5.91 Å². The van der Waals surface area contributed by atoms with Gasteiger partial charge in [0.15, 0.2) is 0 Å². The van der Waals surface area contributed by atoms with Gasteiger partial charge in [-0.15, -0.1) is 0 Å². The maximum Gasteiger partial charge on any atom is 0.255 e. The molecule has 8 heteroatoms. The molecule has 0 radical (unpaired) electrons. The second-order valence-electron chi connectivity index (χ2n) is 5.77. The molecule has 2 heterocycles. The highest BCUT2D eigenvalue weighted by molar-refractivity contribution is 6.05. The number of amides is 3. The van der Waals surface area contributed by atoms with Crippen molar-refractivity contribution >= 4 is 17.7 Å². The third-order valence-corrected chi connectivity index (χ3v) is 4.49. The SMILES string of the molecule is COc1cc(CO)cc2c1CN(C1CCC(=O)N(CO)C1=O)C2=O. The Morgan fingerprint density at radius 2 is 2.00 bits per heavy atom. The van der Waals surface area contributed by atoms with E-state index in [1.807, 2.05) is 0 Å². The minimum absolute atomic E-state index is 0.0934. The van der Waals surface area contributed by atoms with Crippen molar-refractivity contribution in [1.82, 2.24) is 9.80 Å². The molecule has 0 aliphatic carbocycles. The third-order valence-electron chi connectivity index (χ3n) is 4.49. The van der Waals surface area contributed by atoms with Crippen LogP contribution in [0.5, 0.6) is 5.75 Å². The fourth-order valence-corrected chi connectivity index (χ4v) is 3.24. The Kier molecular flexibility index (Phi) is 4.25. The van der Waals surface area contributed by atoms with Crippen molar-refractivity contribution < 1.29 is 29.3 Å². The summed E-state index contributed by atoms with van der Waals surface area (Å²) in [6, 6.07) is 2.45. The first-order valence-corrected chi connectivity index (χ1v) is 7.58. The van der Waals surface area contributed by atoms with Crippen LogP contribution < -0.4 is 4.74 Å². The molecular formula is C16H18N2O6. The highest BCUT2D eigenvalue weighted by Crippen LogP contribution is 2.35. The number of hydrogen-bond acceptors (Lipinski definition) is 6. The summed E-state index contributed by atoms with van der Waals surface area (Å²) in [6.45, 7) is -0.736. The van der Waals surface area contributed by atoms with Gasteiger partial charge in [-0.25, -0.2) is 0 Å². The number of aliphatic hydroxyl groups is 2. The molecule has 8 nitrogen and oxygen atoms in total. The Hall–Kier alpha value is -2.45. The van der Waals surface area contributed by atoms with Gasteiger partial charge in [-0.1, -0.05) is 0 Å². The molecule has 3 rings (SSSR count). The maximum absolute atomic E-state index is 12.7. The number of carbonyl (C=O) groups is 3. The molecule has 24 heavy (non-hydrogen) atoms. The number of methoxy groups -OCH3 is 1. The Morgan fingerprint density at radius 3 is 2.62 bits per heavy atom. The summed E-state index contributed by atoms with van der Waals surface area (Å²) < 4.78 is 5.29. The zero-order chi connectivity index (χ0) is 17.4. The third kappa shape index (κ3) is 2.44. The topological polar surface area (TPSA) is 107 Å². The van der Waals surface area contributed by atoms with Crippen LogP contribution in [0.3, 0.4) is 0 Å². The molecular weight excluding hydrogens is 316 g/mol. The average Bonchev–Trinajstić information content (AvgIpc) is 2.91. The molecule has 0 aromatic heterocycles. The quantitative estimate of drug-likeness (QED) is 0.726. The first-order chi connectivity index (χ1) is 11.5. The fourth-order valence-electron chi connectivity index (χ4n) is 3.24. The van der Waals surface area contributed by atoms with Crippen molar-refractivity contribution in [2.75, 3.05) is 13.8 Å². The second kappa shape index (κ2) is 6.21. The van der Waals surface area contributed by atoms with Gasteiger partial charge in [0, 0.05) is 17.5 Å². The Balaban J connectivity index is 1.94. The monoisotopic (exact) mass is 334 g/mol. The van der Waals surface area contributed by atoms with Crippen LogP contribution in [0.25, 0.3) is 0 Å². The largest absolute Gasteiger partial charge is 0.496 e. The molecule has 0 saturated carbocycles. The van der Waals surface area contributed by atoms with Crippen molar-refractivity contribution in [2.24, 2.45) is 0 Å². The smallest absolute Gasteiger partial charge is 0.255 e. The number of ether oxygens (including phenoxy) is 1. The molecule has 1 fully saturated rings. The summed E-state index contributed by atoms with van der Waals surface area (Å²) in [7, 11) is 1.47. The lowest BCUT2D eigenvalue weighted by Crippen LogP contribution is -2.54. The number of likely N-dealkylation sites (tertiary alicyclic amines) is 1. The van der Waals surface area contributed by atoms with E-state index >= 15 is 0 Å². The van der Waals surface area contributed by atoms with Crippen LogP contribution in [-0.4, -0.2) is 57.6 Å². The van der Waals surface area contributed by atoms with E-state index in [-0.39, 0.29) is 31.9 Å². The minimum Gasteiger partial charge on any atom is -0.496 e. The number of hydrogen-bond donors (Lipinski definition) is 2. The molecule has 1 aromatic rings. The van der Waals surface area contributed by atoms with Gasteiger partial charge in [0.1, 0.15) is 18.5 Å². The summed E-state index contributed by atoms with van der Waals surface area (Å²) in [4.78, 5) is 39.0. The normalized spacial score (nSPS) is 20.6. The van der Waals surface area contributed by atoms with Crippen LogP contribution in [0.15, 0.2) is 12.1 Å². The van der Waals surface area contributed by atoms with E-state index in [9.17, 15) is 24.6 Å². The van der Waals surface area contributed by atoms with E-state index in [4.69, 9.17) is 4.74 Å². The lowest BCUT2D eigenvalue weighted by Gasteiger charge is -2.34. The van der Waals surface area contributed by atoms with Gasteiger partial charge in [0.25, 0.3) is 11.8 Å². The average molecular weight is 334 g/mol. The zero-order valence-corrected chi connectivity index (χ0v) is 13.2. The number of piperidine rings is 1. The predicted molar refractivity (Wildman–Crippen MR) is 80.8 cm³/mol. The summed E-state index contributed by atoms with van der Waals surface area (Å²) in [5.41, 5.74) is 1.58. The van der Waals surface area contributed by atoms with Gasteiger partial charge in [-0.2, -0.15) is 0 Å². The van der Waals surface area contributed by atoms with E-state index in [2.05, 4.69) is 0 Å². The van der Waals surface area contributed by atoms with Crippen LogP contribution in [0, 0.1) is 0 Å². The van der Waals surface area contributed by atoms with Crippen LogP contribution in [0.1, 0.15) is 34.3 Å². The zero-order valence-electron chi connectivity index (χ0n) is 13.2. The van der Waals surface area contributed by atoms with E-state index in [0.717, 1.165) is 4.90 Å². The van der Waals surface area contributed by atoms with Gasteiger partial charge >= 0.3 is 0 Å². The van der Waals surface area contributed by atoms with E-state index < -0.39 is 24.6 Å². The van der Waals surface area contributed by atoms with Gasteiger partial charge in [-0.05, 0) is 24.1 Å². The van der Waals surface area contributed by atoms with E-state index in [1.54, 1.807) is 12.1 Å². The minimum atomic E-state index is -0.794. The number of nitrogens with zero attached hydrogens (tertiary/aromatic N) is 2. The van der Waals surface area contributed by atoms with Crippen LogP contribution >= 0.6 is 0 Å². The maximum atomic E-state index is 12.7. The molecule has 3 amide bonds. The van der Waals surface area contributed by atoms with Gasteiger partial charge in [0.05, 0.1) is 20.3 Å². The highest BCUT2D eigenvalue weighted by Gasteiger charge is 2.43. The predicted octanol–water partition coefficient (Wildman–Crippen LogP) is -0.389. The molecule has 1 atom stereocenters. The van der Waals surface area contributed by atoms with Crippen LogP contribution in [0.2, 0.25) is 0 Å². The molecule has 128 valence electrons. The van der Waals surface area contributed by atoms with E-state index in [1.165, 1.54) is 12.0 Å². The fraction of sp³-hybridized carbons (Fsp3) is 0.438. The summed E-state index contributed by atoms with van der Waals surface area (Å²) in [5, 5.41) is 18.5. The Bertz CT molecular complexity index is 717. The van der Waals surface area contributed by atoms with Crippen LogP contribution in [0.4, 0.5) is 0 Å². The van der Waals surface area contributed by atoms with Crippen molar-refractivity contribution in [3.05, 3.63) is 28.8 Å². The molecule has 0 bridgehead atoms. The second-order valence-corrected chi connectivity index (χ2v) is 5.77. The van der Waals surface area contributed by atoms with Gasteiger partial charge in [-0.3, -0.25) is 19.3 Å². The summed E-state index contributed by atoms with van der Waals surface area (Å²) in [6.07, 6.45) is 0.319. The number of benzene rings is 1. The number of imide groups is 1. The summed E-state index contributed by atoms with van der Waals surface area (Å²) >= 11 is 0. The Morgan fingerprint density at radius 1 is 1.25 bits per heavy atom. The molecule has 0 spiro atoms. The van der Waals surface area contributed by atoms with Crippen molar-refractivity contribution in [1.29, 1.82) is 0 Å². The van der Waals surface area contributed by atoms with E-state index in [0.29, 0.717) is 22.4 Å². The van der Waals surface area contributed by atoms with Gasteiger partial charge < -0.3 is 19.8 Å². The number of fused-ring (bicyclic) bond motifs is 1. The van der Waals surface area contributed by atoms with Crippen molar-refractivity contribution in [2.45, 2.75) is 32.0 Å². The molecule has 2 N–H and O–H groups in total. The first-order valence-electron chi connectivity index (χ1n) is 7.58. The first kappa shape index (κ1) is 16.4. The lowest BCUT2D eigenvalue weighted by atomic mass is 10.0. The molecule has 1 unspecified atom stereocenters. The molecule has 1 aromatic carbocycles. The molecule has 2 aliphatic rings. The van der Waals surface area contributed by atoms with Crippen LogP contribution in [-0.2, 0) is 22.7 Å². The van der Waals surface area contributed by atoms with Crippen molar-refractivity contribution in [3.63, 3.8) is 0 Å². The molecule has 1 saturated heterocycles. The lowest BCUT2D eigenvalue weighted by molar-refractivity contribution is -0.156. The van der Waals surface area contributed by atoms with Crippen molar-refractivity contribution in [3.8, 4) is 5.75 Å². The number of rotatable bonds is 4. The summed E-state index contributed by atoms with van der Waals surface area (Å²) in [5.74, 6) is -0.880. The highest BCUT2D eigenvalue weighted by atomic mass is 16.5. The number of carbonyl (C=O) groups excluding carboxylic acids is 3. The standard InChI is InChI=1S/C16H18N2O6/c1-24-13-5-9(7-19)4-10-11(13)6-17(15(10)22)12-2-3-14(21)18(8-20)16(12)23/h4-5,12,19-20H,2-3,6-8H2,1H3. The Labute approximate surface area is 138 Å². The number of aliphatic hydroxyl groups excluding tert-OH is 2. The molecule has 2 aliphatic heterocycles.